The quantitative estimate of drug-likeness (QED) is 0.590. The fraction of sp³-hybridized carbons (Fsp3) is 0.227. The second-order valence-electron chi connectivity index (χ2n) is 6.78. The van der Waals surface area contributed by atoms with Gasteiger partial charge in [-0.05, 0) is 44.2 Å². The number of nitrogens with zero attached hydrogens (tertiary/aromatic N) is 1. The number of anilines is 1. The van der Waals surface area contributed by atoms with Gasteiger partial charge < -0.3 is 24.5 Å². The average molecular weight is 409 g/mol. The van der Waals surface area contributed by atoms with Crippen LogP contribution in [0.1, 0.15) is 24.2 Å². The van der Waals surface area contributed by atoms with Crippen molar-refractivity contribution in [1.82, 2.24) is 10.3 Å². The van der Waals surface area contributed by atoms with Crippen molar-refractivity contribution in [2.45, 2.75) is 19.9 Å². The van der Waals surface area contributed by atoms with E-state index in [4.69, 9.17) is 13.9 Å². The number of hydrogen-bond acceptors (Lipinski definition) is 6. The zero-order valence-electron chi connectivity index (χ0n) is 17.0. The van der Waals surface area contributed by atoms with E-state index < -0.39 is 0 Å². The molecule has 0 aliphatic rings. The van der Waals surface area contributed by atoms with Crippen LogP contribution in [0.3, 0.4) is 0 Å². The van der Waals surface area contributed by atoms with Gasteiger partial charge in [-0.2, -0.15) is 0 Å². The lowest BCUT2D eigenvalue weighted by molar-refractivity contribution is -0.123. The number of benzene rings is 2. The number of ether oxygens (including phenoxy) is 2. The summed E-state index contributed by atoms with van der Waals surface area (Å²) in [4.78, 5) is 28.3. The summed E-state index contributed by atoms with van der Waals surface area (Å²) in [5, 5.41) is 5.58. The molecule has 3 rings (SSSR count). The maximum absolute atomic E-state index is 12.7. The van der Waals surface area contributed by atoms with E-state index in [1.807, 2.05) is 26.0 Å². The number of methoxy groups -OCH3 is 1. The highest BCUT2D eigenvalue weighted by Gasteiger charge is 2.14. The molecule has 0 saturated heterocycles. The van der Waals surface area contributed by atoms with Gasteiger partial charge in [0.1, 0.15) is 0 Å². The van der Waals surface area contributed by atoms with E-state index in [2.05, 4.69) is 15.6 Å². The molecule has 0 radical (unpaired) electrons. The van der Waals surface area contributed by atoms with Gasteiger partial charge in [0, 0.05) is 22.9 Å². The molecule has 8 nitrogen and oxygen atoms in total. The van der Waals surface area contributed by atoms with E-state index >= 15 is 0 Å². The molecule has 0 unspecified atom stereocenters. The highest BCUT2D eigenvalue weighted by Crippen LogP contribution is 2.29. The van der Waals surface area contributed by atoms with E-state index in [1.165, 1.54) is 13.5 Å². The summed E-state index contributed by atoms with van der Waals surface area (Å²) in [6.07, 6.45) is 2.95. The molecule has 0 spiro atoms. The summed E-state index contributed by atoms with van der Waals surface area (Å²) in [7, 11) is 1.47. The lowest BCUT2D eigenvalue weighted by Gasteiger charge is -2.13. The van der Waals surface area contributed by atoms with Crippen LogP contribution in [0.25, 0.3) is 11.3 Å². The predicted octanol–water partition coefficient (Wildman–Crippen LogP) is 3.51. The smallest absolute Gasteiger partial charge is 0.258 e. The Morgan fingerprint density at radius 2 is 1.97 bits per heavy atom. The molecule has 1 heterocycles. The van der Waals surface area contributed by atoms with Gasteiger partial charge in [0.25, 0.3) is 11.8 Å². The standard InChI is InChI=1S/C22H23N3O5/c1-14(2)24-21(26)12-29-18-8-7-16(10-19(18)28-3)22(27)25-17-6-4-5-15(9-17)20-11-23-13-30-20/h4-11,13-14H,12H2,1-3H3,(H,24,26)(H,25,27). The maximum Gasteiger partial charge on any atom is 0.258 e. The molecular formula is C22H23N3O5. The average Bonchev–Trinajstić information content (AvgIpc) is 3.27. The summed E-state index contributed by atoms with van der Waals surface area (Å²) in [5.74, 6) is 0.791. The minimum Gasteiger partial charge on any atom is -0.493 e. The third-order valence-corrected chi connectivity index (χ3v) is 4.07. The number of aromatic nitrogens is 1. The molecular weight excluding hydrogens is 386 g/mol. The van der Waals surface area contributed by atoms with Gasteiger partial charge in [-0.15, -0.1) is 0 Å². The third-order valence-electron chi connectivity index (χ3n) is 4.07. The van der Waals surface area contributed by atoms with E-state index in [9.17, 15) is 9.59 Å². The zero-order chi connectivity index (χ0) is 21.5. The Hall–Kier alpha value is -3.81. The second kappa shape index (κ2) is 9.60. The van der Waals surface area contributed by atoms with Gasteiger partial charge in [-0.1, -0.05) is 12.1 Å². The Balaban J connectivity index is 1.69. The van der Waals surface area contributed by atoms with Crippen LogP contribution in [-0.2, 0) is 4.79 Å². The van der Waals surface area contributed by atoms with Crippen LogP contribution in [0.5, 0.6) is 11.5 Å². The molecule has 2 N–H and O–H groups in total. The lowest BCUT2D eigenvalue weighted by Crippen LogP contribution is -2.34. The van der Waals surface area contributed by atoms with Crippen molar-refractivity contribution in [3.8, 4) is 22.8 Å². The summed E-state index contributed by atoms with van der Waals surface area (Å²) in [6.45, 7) is 3.59. The molecule has 2 amide bonds. The van der Waals surface area contributed by atoms with Crippen LogP contribution in [-0.4, -0.2) is 36.6 Å². The van der Waals surface area contributed by atoms with Crippen molar-refractivity contribution in [2.75, 3.05) is 19.0 Å². The van der Waals surface area contributed by atoms with E-state index in [1.54, 1.807) is 36.5 Å². The monoisotopic (exact) mass is 409 g/mol. The molecule has 0 aliphatic carbocycles. The van der Waals surface area contributed by atoms with Gasteiger partial charge in [-0.3, -0.25) is 9.59 Å². The minimum atomic E-state index is -0.313. The predicted molar refractivity (Wildman–Crippen MR) is 112 cm³/mol. The molecule has 156 valence electrons. The number of amides is 2. The Morgan fingerprint density at radius 1 is 1.13 bits per heavy atom. The number of carbonyl (C=O) groups excluding carboxylic acids is 2. The molecule has 2 aromatic carbocycles. The first-order chi connectivity index (χ1) is 14.5. The molecule has 30 heavy (non-hydrogen) atoms. The van der Waals surface area contributed by atoms with Crippen LogP contribution in [0.4, 0.5) is 5.69 Å². The first-order valence-corrected chi connectivity index (χ1v) is 9.36. The minimum absolute atomic E-state index is 0.0246. The number of hydrogen-bond donors (Lipinski definition) is 2. The Bertz CT molecular complexity index is 1020. The molecule has 8 heteroatoms. The largest absolute Gasteiger partial charge is 0.493 e. The van der Waals surface area contributed by atoms with Gasteiger partial charge in [0.05, 0.1) is 13.3 Å². The first-order valence-electron chi connectivity index (χ1n) is 9.36. The van der Waals surface area contributed by atoms with Gasteiger partial charge in [0.2, 0.25) is 0 Å². The van der Waals surface area contributed by atoms with Crippen molar-refractivity contribution >= 4 is 17.5 Å². The van der Waals surface area contributed by atoms with Crippen LogP contribution in [0.15, 0.2) is 59.5 Å². The SMILES string of the molecule is COc1cc(C(=O)Nc2cccc(-c3cnco3)c2)ccc1OCC(=O)NC(C)C. The van der Waals surface area contributed by atoms with Crippen molar-refractivity contribution in [1.29, 1.82) is 0 Å². The molecule has 0 aliphatic heterocycles. The van der Waals surface area contributed by atoms with Crippen LogP contribution in [0, 0.1) is 0 Å². The topological polar surface area (TPSA) is 103 Å². The molecule has 0 saturated carbocycles. The van der Waals surface area contributed by atoms with Gasteiger partial charge in [-0.25, -0.2) is 4.98 Å². The Kier molecular flexibility index (Phi) is 6.69. The molecule has 0 bridgehead atoms. The zero-order valence-corrected chi connectivity index (χ0v) is 17.0. The van der Waals surface area contributed by atoms with Crippen molar-refractivity contribution < 1.29 is 23.5 Å². The molecule has 0 atom stereocenters. The Morgan fingerprint density at radius 3 is 2.67 bits per heavy atom. The van der Waals surface area contributed by atoms with Crippen molar-refractivity contribution in [3.63, 3.8) is 0 Å². The van der Waals surface area contributed by atoms with Crippen LogP contribution in [0.2, 0.25) is 0 Å². The third kappa shape index (κ3) is 5.38. The molecule has 1 aromatic heterocycles. The van der Waals surface area contributed by atoms with Gasteiger partial charge >= 0.3 is 0 Å². The van der Waals surface area contributed by atoms with E-state index in [0.29, 0.717) is 28.5 Å². The number of oxazole rings is 1. The van der Waals surface area contributed by atoms with E-state index in [-0.39, 0.29) is 24.5 Å². The maximum atomic E-state index is 12.7. The molecule has 0 fully saturated rings. The van der Waals surface area contributed by atoms with Crippen molar-refractivity contribution in [3.05, 3.63) is 60.6 Å². The highest BCUT2D eigenvalue weighted by molar-refractivity contribution is 6.04. The highest BCUT2D eigenvalue weighted by atomic mass is 16.5. The van der Waals surface area contributed by atoms with Crippen LogP contribution >= 0.6 is 0 Å². The number of rotatable bonds is 8. The normalized spacial score (nSPS) is 10.5. The molecule has 3 aromatic rings. The summed E-state index contributed by atoms with van der Waals surface area (Å²) in [6, 6.07) is 12.0. The number of nitrogens with one attached hydrogen (secondary N) is 2. The number of carbonyl (C=O) groups is 2. The fourth-order valence-electron chi connectivity index (χ4n) is 2.75. The summed E-state index contributed by atoms with van der Waals surface area (Å²) >= 11 is 0. The lowest BCUT2D eigenvalue weighted by atomic mass is 10.1. The fourth-order valence-corrected chi connectivity index (χ4v) is 2.75. The van der Waals surface area contributed by atoms with Crippen molar-refractivity contribution in [2.24, 2.45) is 0 Å². The first kappa shape index (κ1) is 20.9. The summed E-state index contributed by atoms with van der Waals surface area (Å²) in [5.41, 5.74) is 1.79. The van der Waals surface area contributed by atoms with Gasteiger partial charge in [0.15, 0.2) is 30.3 Å². The van der Waals surface area contributed by atoms with Crippen LogP contribution < -0.4 is 20.1 Å². The second-order valence-corrected chi connectivity index (χ2v) is 6.78. The Labute approximate surface area is 174 Å². The summed E-state index contributed by atoms with van der Waals surface area (Å²) < 4.78 is 16.1. The van der Waals surface area contributed by atoms with E-state index in [0.717, 1.165) is 5.56 Å².